The van der Waals surface area contributed by atoms with Crippen molar-refractivity contribution in [1.29, 1.82) is 0 Å². The van der Waals surface area contributed by atoms with E-state index in [9.17, 15) is 23.9 Å². The number of halogens is 1. The Balaban J connectivity index is 1.41. The SMILES string of the molecule is COCCCN1CC(=O)N[C@H]2CN(C(=O)c3ccc(O)c(F)c3)CC[C@H]2OCc2cccc(c2)Oc2ccc(cc2OC)CCC1=O. The molecule has 3 aliphatic rings. The van der Waals surface area contributed by atoms with Crippen LogP contribution in [0.3, 0.4) is 0 Å². The van der Waals surface area contributed by atoms with E-state index >= 15 is 0 Å². The van der Waals surface area contributed by atoms with Gasteiger partial charge in [-0.05, 0) is 72.9 Å². The van der Waals surface area contributed by atoms with E-state index in [0.717, 1.165) is 23.3 Å². The van der Waals surface area contributed by atoms with Gasteiger partial charge in [0, 0.05) is 45.3 Å². The van der Waals surface area contributed by atoms with E-state index in [-0.39, 0.29) is 37.6 Å². The first-order chi connectivity index (χ1) is 22.7. The smallest absolute Gasteiger partial charge is 0.254 e. The zero-order chi connectivity index (χ0) is 33.3. The summed E-state index contributed by atoms with van der Waals surface area (Å²) in [5.41, 5.74) is 1.81. The molecule has 3 aliphatic heterocycles. The summed E-state index contributed by atoms with van der Waals surface area (Å²) in [6, 6.07) is 15.9. The fraction of sp³-hybridized carbons (Fsp3) is 0.400. The van der Waals surface area contributed by atoms with Crippen LogP contribution in [-0.4, -0.2) is 91.8 Å². The van der Waals surface area contributed by atoms with Crippen LogP contribution in [0, 0.1) is 5.82 Å². The number of nitrogens with one attached hydrogen (secondary N) is 1. The van der Waals surface area contributed by atoms with Crippen LogP contribution in [-0.2, 0) is 32.1 Å². The molecule has 1 fully saturated rings. The molecule has 0 aliphatic carbocycles. The van der Waals surface area contributed by atoms with Crippen molar-refractivity contribution < 1.29 is 42.8 Å². The van der Waals surface area contributed by atoms with E-state index in [1.807, 2.05) is 42.5 Å². The number of carbonyl (C=O) groups excluding carboxylic acids is 3. The van der Waals surface area contributed by atoms with Crippen molar-refractivity contribution in [3.63, 3.8) is 0 Å². The lowest BCUT2D eigenvalue weighted by molar-refractivity contribution is -0.137. The van der Waals surface area contributed by atoms with E-state index in [4.69, 9.17) is 18.9 Å². The standard InChI is InChI=1S/C35H40FN3O8/c1-44-16-4-14-38-21-33(41)37-28-20-39(35(43)25-9-10-29(40)27(36)19-25)15-13-30(28)46-22-24-5-3-6-26(17-24)47-31-11-7-23(8-12-34(38)42)18-32(31)45-2/h3,5-7,9-11,17-19,28,30,40H,4,8,12-16,20-22H2,1-2H3,(H,37,41)/t28-,30+/m0/s1. The quantitative estimate of drug-likeness (QED) is 0.383. The molecule has 11 nitrogen and oxygen atoms in total. The maximum Gasteiger partial charge on any atom is 0.254 e. The van der Waals surface area contributed by atoms with Crippen LogP contribution in [0.15, 0.2) is 60.7 Å². The van der Waals surface area contributed by atoms with E-state index < -0.39 is 35.5 Å². The Morgan fingerprint density at radius 2 is 1.91 bits per heavy atom. The third kappa shape index (κ3) is 8.78. The zero-order valence-electron chi connectivity index (χ0n) is 26.6. The van der Waals surface area contributed by atoms with Crippen LogP contribution in [0.4, 0.5) is 4.39 Å². The van der Waals surface area contributed by atoms with Gasteiger partial charge < -0.3 is 39.2 Å². The molecule has 3 aromatic rings. The molecule has 3 amide bonds. The number of methoxy groups -OCH3 is 2. The highest BCUT2D eigenvalue weighted by molar-refractivity contribution is 5.94. The van der Waals surface area contributed by atoms with Gasteiger partial charge in [0.15, 0.2) is 23.1 Å². The van der Waals surface area contributed by atoms with Crippen molar-refractivity contribution in [3.8, 4) is 23.0 Å². The number of rotatable bonds is 6. The van der Waals surface area contributed by atoms with E-state index in [2.05, 4.69) is 5.32 Å². The molecule has 0 aromatic heterocycles. The first-order valence-corrected chi connectivity index (χ1v) is 15.6. The molecule has 0 unspecified atom stereocenters. The number of phenolic OH excluding ortho intramolecular Hbond substituents is 1. The van der Waals surface area contributed by atoms with Crippen LogP contribution in [0.2, 0.25) is 0 Å². The number of benzene rings is 3. The fourth-order valence-electron chi connectivity index (χ4n) is 5.78. The number of phenols is 1. The lowest BCUT2D eigenvalue weighted by Gasteiger charge is -2.39. The molecular formula is C35H40FN3O8. The lowest BCUT2D eigenvalue weighted by Crippen LogP contribution is -2.58. The Hall–Kier alpha value is -4.68. The highest BCUT2D eigenvalue weighted by Crippen LogP contribution is 2.33. The average molecular weight is 650 g/mol. The predicted molar refractivity (Wildman–Crippen MR) is 170 cm³/mol. The molecule has 3 aromatic carbocycles. The summed E-state index contributed by atoms with van der Waals surface area (Å²) in [7, 11) is 3.14. The molecule has 12 heteroatoms. The van der Waals surface area contributed by atoms with E-state index in [1.54, 1.807) is 14.2 Å². The van der Waals surface area contributed by atoms with Crippen LogP contribution >= 0.6 is 0 Å². The predicted octanol–water partition coefficient (Wildman–Crippen LogP) is 4.06. The number of likely N-dealkylation sites (tertiary alicyclic amines) is 1. The van der Waals surface area contributed by atoms with Gasteiger partial charge in [-0.25, -0.2) is 4.39 Å². The Bertz CT molecular complexity index is 1580. The minimum absolute atomic E-state index is 0.0825. The number of aryl methyl sites for hydroxylation is 1. The highest BCUT2D eigenvalue weighted by atomic mass is 19.1. The van der Waals surface area contributed by atoms with Gasteiger partial charge in [0.2, 0.25) is 11.8 Å². The Labute approximate surface area is 273 Å². The van der Waals surface area contributed by atoms with Crippen LogP contribution in [0.1, 0.15) is 40.7 Å². The molecular weight excluding hydrogens is 609 g/mol. The van der Waals surface area contributed by atoms with Gasteiger partial charge in [0.25, 0.3) is 5.91 Å². The number of fused-ring (bicyclic) bond motifs is 9. The number of amides is 3. The Morgan fingerprint density at radius 1 is 1.06 bits per heavy atom. The summed E-state index contributed by atoms with van der Waals surface area (Å²) >= 11 is 0. The van der Waals surface area contributed by atoms with Crippen molar-refractivity contribution in [1.82, 2.24) is 15.1 Å². The van der Waals surface area contributed by atoms with Crippen LogP contribution < -0.4 is 14.8 Å². The van der Waals surface area contributed by atoms with Gasteiger partial charge in [-0.2, -0.15) is 0 Å². The number of aromatic hydroxyl groups is 1. The summed E-state index contributed by atoms with van der Waals surface area (Å²) in [6.45, 7) is 1.20. The minimum Gasteiger partial charge on any atom is -0.505 e. The lowest BCUT2D eigenvalue weighted by atomic mass is 10.00. The van der Waals surface area contributed by atoms with Gasteiger partial charge in [0.1, 0.15) is 5.75 Å². The molecule has 2 atom stereocenters. The number of hydrogen-bond acceptors (Lipinski definition) is 8. The van der Waals surface area contributed by atoms with Crippen LogP contribution in [0.5, 0.6) is 23.0 Å². The number of piperidine rings is 1. The van der Waals surface area contributed by atoms with Crippen molar-refractivity contribution in [3.05, 3.63) is 83.2 Å². The van der Waals surface area contributed by atoms with Crippen molar-refractivity contribution in [2.45, 2.75) is 44.4 Å². The van der Waals surface area contributed by atoms with Gasteiger partial charge >= 0.3 is 0 Å². The molecule has 0 saturated carbocycles. The second-order valence-electron chi connectivity index (χ2n) is 11.6. The zero-order valence-corrected chi connectivity index (χ0v) is 26.6. The van der Waals surface area contributed by atoms with Gasteiger partial charge in [-0.15, -0.1) is 0 Å². The molecule has 250 valence electrons. The highest BCUT2D eigenvalue weighted by Gasteiger charge is 2.34. The summed E-state index contributed by atoms with van der Waals surface area (Å²) in [6.07, 6.45) is 1.09. The molecule has 2 N–H and O–H groups in total. The van der Waals surface area contributed by atoms with Gasteiger partial charge in [0.05, 0.1) is 32.4 Å². The Morgan fingerprint density at radius 3 is 2.70 bits per heavy atom. The second kappa shape index (κ2) is 15.7. The molecule has 0 spiro atoms. The maximum atomic E-state index is 14.1. The summed E-state index contributed by atoms with van der Waals surface area (Å²) in [5, 5.41) is 12.6. The number of hydrogen-bond donors (Lipinski definition) is 2. The largest absolute Gasteiger partial charge is 0.505 e. The second-order valence-corrected chi connectivity index (χ2v) is 11.6. The summed E-state index contributed by atoms with van der Waals surface area (Å²) in [5.74, 6) is -0.806. The normalized spacial score (nSPS) is 19.1. The molecule has 47 heavy (non-hydrogen) atoms. The molecule has 3 heterocycles. The summed E-state index contributed by atoms with van der Waals surface area (Å²) < 4.78 is 37.3. The maximum absolute atomic E-state index is 14.1. The molecule has 6 rings (SSSR count). The van der Waals surface area contributed by atoms with Gasteiger partial charge in [-0.3, -0.25) is 14.4 Å². The molecule has 0 radical (unpaired) electrons. The number of ether oxygens (including phenoxy) is 4. The third-order valence-corrected chi connectivity index (χ3v) is 8.29. The third-order valence-electron chi connectivity index (χ3n) is 8.29. The minimum atomic E-state index is -0.895. The number of carbonyl (C=O) groups is 3. The van der Waals surface area contributed by atoms with Gasteiger partial charge in [-0.1, -0.05) is 18.2 Å². The molecule has 4 bridgehead atoms. The molecule has 1 saturated heterocycles. The monoisotopic (exact) mass is 649 g/mol. The Kier molecular flexibility index (Phi) is 11.3. The first kappa shape index (κ1) is 33.7. The van der Waals surface area contributed by atoms with Crippen LogP contribution in [0.25, 0.3) is 0 Å². The summed E-state index contributed by atoms with van der Waals surface area (Å²) in [4.78, 5) is 43.3. The number of nitrogens with zero attached hydrogens (tertiary/aromatic N) is 2. The van der Waals surface area contributed by atoms with Crippen molar-refractivity contribution in [2.24, 2.45) is 0 Å². The van der Waals surface area contributed by atoms with Crippen molar-refractivity contribution >= 4 is 17.7 Å². The first-order valence-electron chi connectivity index (χ1n) is 15.6. The average Bonchev–Trinajstić information content (AvgIpc) is 3.07. The fourth-order valence-corrected chi connectivity index (χ4v) is 5.78. The van der Waals surface area contributed by atoms with E-state index in [0.29, 0.717) is 56.2 Å². The topological polar surface area (TPSA) is 127 Å². The van der Waals surface area contributed by atoms with E-state index in [1.165, 1.54) is 15.9 Å². The van der Waals surface area contributed by atoms with Crippen molar-refractivity contribution in [2.75, 3.05) is 47.0 Å².